The number of aromatic hydroxyl groups is 1. The number of rotatable bonds is 14. The zero-order valence-electron chi connectivity index (χ0n) is 19.1. The van der Waals surface area contributed by atoms with Crippen LogP contribution >= 0.6 is 0 Å². The lowest BCUT2D eigenvalue weighted by Gasteiger charge is -2.25. The molecule has 1 aromatic rings. The molecule has 5 atom stereocenters. The number of amides is 3. The van der Waals surface area contributed by atoms with Gasteiger partial charge < -0.3 is 47.2 Å². The number of nitrogens with two attached hydrogens (primary N) is 1. The molecule has 0 aliphatic heterocycles. The van der Waals surface area contributed by atoms with Gasteiger partial charge in [0.15, 0.2) is 0 Å². The molecule has 1 rings (SSSR count). The number of benzene rings is 1. The summed E-state index contributed by atoms with van der Waals surface area (Å²) in [6.45, 7) is 1.13. The second-order valence-corrected chi connectivity index (χ2v) is 7.86. The van der Waals surface area contributed by atoms with Gasteiger partial charge in [0.2, 0.25) is 17.7 Å². The third-order valence-corrected chi connectivity index (χ3v) is 4.80. The van der Waals surface area contributed by atoms with Gasteiger partial charge in [-0.2, -0.15) is 0 Å². The van der Waals surface area contributed by atoms with Crippen LogP contribution < -0.4 is 21.7 Å². The molecule has 0 aliphatic rings. The normalized spacial score (nSPS) is 14.9. The van der Waals surface area contributed by atoms with E-state index in [9.17, 15) is 39.0 Å². The Hall–Kier alpha value is -4.24. The number of hydrogen-bond acceptors (Lipinski definition) is 9. The predicted octanol–water partition coefficient (Wildman–Crippen LogP) is -2.87. The SMILES string of the molecule is CC(O)C(NC(=O)C(N)Cc1ccc(O)cc1)C(=O)NC(CC(=O)O)C(=O)NC(CC(=O)O)C(=O)O. The summed E-state index contributed by atoms with van der Waals surface area (Å²) in [5.74, 6) is -8.17. The Morgan fingerprint density at radius 3 is 1.78 bits per heavy atom. The van der Waals surface area contributed by atoms with Gasteiger partial charge in [-0.15, -0.1) is 0 Å². The molecule has 15 nitrogen and oxygen atoms in total. The van der Waals surface area contributed by atoms with Crippen molar-refractivity contribution >= 4 is 35.6 Å². The van der Waals surface area contributed by atoms with E-state index in [0.29, 0.717) is 5.56 Å². The third-order valence-electron chi connectivity index (χ3n) is 4.80. The van der Waals surface area contributed by atoms with Crippen molar-refractivity contribution in [3.8, 4) is 5.75 Å². The van der Waals surface area contributed by atoms with Crippen LogP contribution in [0.1, 0.15) is 25.3 Å². The van der Waals surface area contributed by atoms with Gasteiger partial charge in [-0.3, -0.25) is 24.0 Å². The molecule has 0 saturated carbocycles. The van der Waals surface area contributed by atoms with Gasteiger partial charge in [0.05, 0.1) is 25.0 Å². The Morgan fingerprint density at radius 2 is 1.31 bits per heavy atom. The van der Waals surface area contributed by atoms with Gasteiger partial charge in [0.1, 0.15) is 23.9 Å². The fraction of sp³-hybridized carbons (Fsp3) is 0.429. The van der Waals surface area contributed by atoms with Crippen molar-refractivity contribution in [1.29, 1.82) is 0 Å². The van der Waals surface area contributed by atoms with Crippen molar-refractivity contribution in [3.63, 3.8) is 0 Å². The van der Waals surface area contributed by atoms with Crippen molar-refractivity contribution in [1.82, 2.24) is 16.0 Å². The molecule has 1 aromatic carbocycles. The fourth-order valence-electron chi connectivity index (χ4n) is 2.94. The monoisotopic (exact) mass is 512 g/mol. The maximum Gasteiger partial charge on any atom is 0.326 e. The maximum absolute atomic E-state index is 12.7. The van der Waals surface area contributed by atoms with E-state index in [1.165, 1.54) is 24.3 Å². The number of carbonyl (C=O) groups excluding carboxylic acids is 3. The van der Waals surface area contributed by atoms with Gasteiger partial charge in [-0.25, -0.2) is 4.79 Å². The minimum Gasteiger partial charge on any atom is -0.508 e. The molecule has 36 heavy (non-hydrogen) atoms. The van der Waals surface area contributed by atoms with E-state index in [0.717, 1.165) is 6.92 Å². The second kappa shape index (κ2) is 13.6. The average molecular weight is 512 g/mol. The summed E-state index contributed by atoms with van der Waals surface area (Å²) in [5.41, 5.74) is 6.43. The van der Waals surface area contributed by atoms with Crippen LogP contribution in [0.2, 0.25) is 0 Å². The zero-order valence-corrected chi connectivity index (χ0v) is 19.1. The van der Waals surface area contributed by atoms with E-state index >= 15 is 0 Å². The van der Waals surface area contributed by atoms with E-state index < -0.39 is 78.7 Å². The first-order valence-corrected chi connectivity index (χ1v) is 10.5. The summed E-state index contributed by atoms with van der Waals surface area (Å²) in [7, 11) is 0. The second-order valence-electron chi connectivity index (χ2n) is 7.86. The molecule has 0 aliphatic carbocycles. The average Bonchev–Trinajstić information content (AvgIpc) is 2.76. The summed E-state index contributed by atoms with van der Waals surface area (Å²) < 4.78 is 0. The molecule has 198 valence electrons. The lowest BCUT2D eigenvalue weighted by Crippen LogP contribution is -2.60. The summed E-state index contributed by atoms with van der Waals surface area (Å²) in [4.78, 5) is 70.8. The van der Waals surface area contributed by atoms with Crippen LogP contribution in [0.3, 0.4) is 0 Å². The number of phenols is 1. The fourth-order valence-corrected chi connectivity index (χ4v) is 2.94. The smallest absolute Gasteiger partial charge is 0.326 e. The van der Waals surface area contributed by atoms with Crippen molar-refractivity contribution in [2.45, 2.75) is 56.5 Å². The minimum absolute atomic E-state index is 0.000186. The first kappa shape index (κ1) is 29.8. The quantitative estimate of drug-likeness (QED) is 0.122. The number of aliphatic hydroxyl groups is 1. The summed E-state index contributed by atoms with van der Waals surface area (Å²) in [6.07, 6.45) is -3.55. The molecule has 0 heterocycles. The van der Waals surface area contributed by atoms with Gasteiger partial charge >= 0.3 is 17.9 Å². The number of phenolic OH excluding ortho intramolecular Hbond substituents is 1. The molecule has 0 saturated heterocycles. The first-order chi connectivity index (χ1) is 16.7. The number of aliphatic carboxylic acids is 3. The van der Waals surface area contributed by atoms with Crippen LogP contribution in [0.15, 0.2) is 24.3 Å². The number of carboxylic acid groups (broad SMARTS) is 3. The molecular formula is C21H28N4O11. The van der Waals surface area contributed by atoms with E-state index in [4.69, 9.17) is 21.1 Å². The Bertz CT molecular complexity index is 981. The maximum atomic E-state index is 12.7. The highest BCUT2D eigenvalue weighted by atomic mass is 16.4. The third kappa shape index (κ3) is 9.94. The van der Waals surface area contributed by atoms with Crippen LogP contribution in [0.25, 0.3) is 0 Å². The summed E-state index contributed by atoms with van der Waals surface area (Å²) in [5, 5.41) is 52.2. The van der Waals surface area contributed by atoms with Crippen LogP contribution in [0, 0.1) is 0 Å². The van der Waals surface area contributed by atoms with Crippen molar-refractivity contribution in [3.05, 3.63) is 29.8 Å². The highest BCUT2D eigenvalue weighted by Gasteiger charge is 2.34. The van der Waals surface area contributed by atoms with Crippen molar-refractivity contribution in [2.24, 2.45) is 5.73 Å². The highest BCUT2D eigenvalue weighted by Crippen LogP contribution is 2.11. The Balaban J connectivity index is 2.94. The Labute approximate surface area is 204 Å². The first-order valence-electron chi connectivity index (χ1n) is 10.5. The number of hydrogen-bond donors (Lipinski definition) is 9. The van der Waals surface area contributed by atoms with Crippen molar-refractivity contribution in [2.75, 3.05) is 0 Å². The molecule has 3 amide bonds. The predicted molar refractivity (Wildman–Crippen MR) is 119 cm³/mol. The standard InChI is InChI=1S/C21H28N4O11/c1-9(26)17(25-18(32)12(22)6-10-2-4-11(27)5-3-10)20(34)23-13(7-15(28)29)19(33)24-14(21(35)36)8-16(30)31/h2-5,9,12-14,17,26-27H,6-8,22H2,1H3,(H,23,34)(H,24,33)(H,25,32)(H,28,29)(H,30,31)(H,35,36). The van der Waals surface area contributed by atoms with Gasteiger partial charge in [-0.05, 0) is 31.0 Å². The van der Waals surface area contributed by atoms with E-state index in [1.807, 2.05) is 10.6 Å². The van der Waals surface area contributed by atoms with Gasteiger partial charge in [0, 0.05) is 0 Å². The molecule has 5 unspecified atom stereocenters. The summed E-state index contributed by atoms with van der Waals surface area (Å²) in [6, 6.07) is -0.842. The van der Waals surface area contributed by atoms with Crippen LogP contribution in [-0.4, -0.2) is 91.4 Å². The lowest BCUT2D eigenvalue weighted by atomic mass is 10.0. The minimum atomic E-state index is -1.91. The Morgan fingerprint density at radius 1 is 0.806 bits per heavy atom. The highest BCUT2D eigenvalue weighted by molar-refractivity contribution is 5.96. The molecule has 0 bridgehead atoms. The number of carboxylic acids is 3. The number of aliphatic hydroxyl groups excluding tert-OH is 1. The van der Waals surface area contributed by atoms with Crippen LogP contribution in [0.5, 0.6) is 5.75 Å². The van der Waals surface area contributed by atoms with Gasteiger partial charge in [-0.1, -0.05) is 12.1 Å². The molecule has 10 N–H and O–H groups in total. The summed E-state index contributed by atoms with van der Waals surface area (Å²) >= 11 is 0. The molecular weight excluding hydrogens is 484 g/mol. The van der Waals surface area contributed by atoms with E-state index in [2.05, 4.69) is 5.32 Å². The molecule has 0 spiro atoms. The molecule has 0 radical (unpaired) electrons. The molecule has 0 fully saturated rings. The van der Waals surface area contributed by atoms with Crippen LogP contribution in [-0.2, 0) is 35.2 Å². The molecule has 15 heteroatoms. The number of carbonyl (C=O) groups is 6. The Kier molecular flexibility index (Phi) is 11.3. The molecule has 0 aromatic heterocycles. The van der Waals surface area contributed by atoms with Crippen LogP contribution in [0.4, 0.5) is 0 Å². The van der Waals surface area contributed by atoms with E-state index in [-0.39, 0.29) is 12.2 Å². The number of nitrogens with one attached hydrogen (secondary N) is 3. The topological polar surface area (TPSA) is 266 Å². The van der Waals surface area contributed by atoms with Crippen molar-refractivity contribution < 1.29 is 54.3 Å². The lowest BCUT2D eigenvalue weighted by molar-refractivity contribution is -0.148. The van der Waals surface area contributed by atoms with E-state index in [1.54, 1.807) is 0 Å². The largest absolute Gasteiger partial charge is 0.508 e. The van der Waals surface area contributed by atoms with Gasteiger partial charge in [0.25, 0.3) is 0 Å². The zero-order chi connectivity index (χ0) is 27.6.